The third-order valence-electron chi connectivity index (χ3n) is 1.07. The Hall–Kier alpha value is -0.740. The van der Waals surface area contributed by atoms with Gasteiger partial charge in [0, 0.05) is 11.6 Å². The summed E-state index contributed by atoms with van der Waals surface area (Å²) in [5.74, 6) is -0.334. The van der Waals surface area contributed by atoms with Crippen LogP contribution in [0.2, 0.25) is 5.02 Å². The van der Waals surface area contributed by atoms with Gasteiger partial charge in [0.05, 0.1) is 5.02 Å². The molecule has 9 heavy (non-hydrogen) atoms. The second-order valence-electron chi connectivity index (χ2n) is 1.70. The maximum Gasteiger partial charge on any atom is 0.136 e. The lowest BCUT2D eigenvalue weighted by atomic mass is 10.3. The largest absolute Gasteiger partial charge is 0.206 e. The van der Waals surface area contributed by atoms with Crippen molar-refractivity contribution in [2.75, 3.05) is 0 Å². The van der Waals surface area contributed by atoms with Crippen LogP contribution in [0.15, 0.2) is 6.07 Å². The van der Waals surface area contributed by atoms with Gasteiger partial charge in [-0.3, -0.25) is 0 Å². The molecule has 0 spiro atoms. The molecule has 0 aliphatic rings. The molecule has 0 amide bonds. The highest BCUT2D eigenvalue weighted by molar-refractivity contribution is 6.30. The Labute approximate surface area is 58.3 Å². The summed E-state index contributed by atoms with van der Waals surface area (Å²) in [5.41, 5.74) is 0.426. The number of halogens is 2. The van der Waals surface area contributed by atoms with Crippen molar-refractivity contribution in [3.8, 4) is 0 Å². The average Bonchev–Trinajstić information content (AvgIpc) is 1.83. The van der Waals surface area contributed by atoms with Crippen molar-refractivity contribution in [2.45, 2.75) is 6.92 Å². The molecule has 0 bridgehead atoms. The Morgan fingerprint density at radius 2 is 2.33 bits per heavy atom. The highest BCUT2D eigenvalue weighted by Crippen LogP contribution is 2.13. The quantitative estimate of drug-likeness (QED) is 0.522. The van der Waals surface area contributed by atoms with E-state index in [1.807, 2.05) is 0 Å². The van der Waals surface area contributed by atoms with E-state index in [0.717, 1.165) is 0 Å². The smallest absolute Gasteiger partial charge is 0.136 e. The second kappa shape index (κ2) is 2.24. The first-order valence-corrected chi connectivity index (χ1v) is 2.83. The summed E-state index contributed by atoms with van der Waals surface area (Å²) in [7, 11) is 0. The fourth-order valence-corrected chi connectivity index (χ4v) is 0.614. The maximum atomic E-state index is 12.4. The minimum atomic E-state index is -0.334. The first kappa shape index (κ1) is 6.38. The van der Waals surface area contributed by atoms with Crippen molar-refractivity contribution < 1.29 is 4.39 Å². The highest BCUT2D eigenvalue weighted by Gasteiger charge is 1.97. The van der Waals surface area contributed by atoms with Gasteiger partial charge < -0.3 is 0 Å². The molecule has 0 radical (unpaired) electrons. The Morgan fingerprint density at radius 1 is 1.67 bits per heavy atom. The van der Waals surface area contributed by atoms with Crippen LogP contribution in [0.25, 0.3) is 0 Å². The van der Waals surface area contributed by atoms with Gasteiger partial charge in [-0.15, -0.1) is 0 Å². The van der Waals surface area contributed by atoms with Gasteiger partial charge in [0.25, 0.3) is 0 Å². The molecule has 0 saturated carbocycles. The molecule has 46 valence electrons. The van der Waals surface area contributed by atoms with E-state index in [4.69, 9.17) is 11.6 Å². The monoisotopic (exact) mass is 142 g/mol. The van der Waals surface area contributed by atoms with E-state index in [-0.39, 0.29) is 5.82 Å². The molecule has 1 aromatic carbocycles. The summed E-state index contributed by atoms with van der Waals surface area (Å²) in [5, 5.41) is 0.301. The van der Waals surface area contributed by atoms with Gasteiger partial charge in [-0.05, 0) is 13.0 Å². The lowest BCUT2D eigenvalue weighted by Gasteiger charge is -1.90. The lowest BCUT2D eigenvalue weighted by Crippen LogP contribution is -1.78. The standard InChI is InChI=1S/C7H4ClF/c1-5-6(8)3-2-4-7(5)9/h4H,1H3. The molecule has 0 aromatic heterocycles. The van der Waals surface area contributed by atoms with Gasteiger partial charge in [-0.1, -0.05) is 17.7 Å². The highest BCUT2D eigenvalue weighted by atomic mass is 35.5. The molecule has 2 heteroatoms. The number of rotatable bonds is 0. The molecule has 1 aromatic rings. The van der Waals surface area contributed by atoms with E-state index < -0.39 is 0 Å². The fraction of sp³-hybridized carbons (Fsp3) is 0.143. The van der Waals surface area contributed by atoms with E-state index in [1.165, 1.54) is 6.07 Å². The molecule has 1 rings (SSSR count). The van der Waals surface area contributed by atoms with Crippen LogP contribution in [0, 0.1) is 24.9 Å². The van der Waals surface area contributed by atoms with Crippen LogP contribution < -0.4 is 0 Å². The third-order valence-corrected chi connectivity index (χ3v) is 1.45. The number of hydrogen-bond donors (Lipinski definition) is 0. The fourth-order valence-electron chi connectivity index (χ4n) is 0.470. The molecule has 0 aliphatic carbocycles. The van der Waals surface area contributed by atoms with E-state index >= 15 is 0 Å². The summed E-state index contributed by atoms with van der Waals surface area (Å²) >= 11 is 5.49. The molecule has 0 aliphatic heterocycles. The molecule has 0 heterocycles. The molecule has 0 atom stereocenters. The topological polar surface area (TPSA) is 0 Å². The van der Waals surface area contributed by atoms with Gasteiger partial charge in [0.1, 0.15) is 5.82 Å². The molecular weight excluding hydrogens is 139 g/mol. The van der Waals surface area contributed by atoms with Crippen molar-refractivity contribution in [2.24, 2.45) is 0 Å². The molecular formula is C7H4ClF. The zero-order chi connectivity index (χ0) is 6.85. The lowest BCUT2D eigenvalue weighted by molar-refractivity contribution is 0.619. The van der Waals surface area contributed by atoms with Crippen molar-refractivity contribution in [3.63, 3.8) is 0 Å². The third kappa shape index (κ3) is 1.14. The zero-order valence-corrected chi connectivity index (χ0v) is 5.59. The van der Waals surface area contributed by atoms with Crippen LogP contribution in [0.3, 0.4) is 0 Å². The van der Waals surface area contributed by atoms with E-state index in [0.29, 0.717) is 10.6 Å². The van der Waals surface area contributed by atoms with Crippen LogP contribution in [0.4, 0.5) is 4.39 Å². The predicted molar refractivity (Wildman–Crippen MR) is 33.8 cm³/mol. The van der Waals surface area contributed by atoms with Crippen LogP contribution in [-0.4, -0.2) is 0 Å². The first-order valence-electron chi connectivity index (χ1n) is 2.46. The summed E-state index contributed by atoms with van der Waals surface area (Å²) in [6.07, 6.45) is 0. The summed E-state index contributed by atoms with van der Waals surface area (Å²) < 4.78 is 12.4. The molecule has 0 N–H and O–H groups in total. The van der Waals surface area contributed by atoms with Crippen molar-refractivity contribution >= 4 is 11.6 Å². The molecule has 0 saturated heterocycles. The SMILES string of the molecule is Cc1c(Cl)c#ccc1F. The van der Waals surface area contributed by atoms with E-state index in [2.05, 4.69) is 12.1 Å². The van der Waals surface area contributed by atoms with Crippen molar-refractivity contribution in [1.29, 1.82) is 0 Å². The first-order chi connectivity index (χ1) is 4.22. The Kier molecular flexibility index (Phi) is 1.59. The van der Waals surface area contributed by atoms with Crippen molar-refractivity contribution in [1.82, 2.24) is 0 Å². The predicted octanol–water partition coefficient (Wildman–Crippen LogP) is 2.39. The minimum Gasteiger partial charge on any atom is -0.206 e. The average molecular weight is 143 g/mol. The van der Waals surface area contributed by atoms with Crippen LogP contribution >= 0.6 is 11.6 Å². The summed E-state index contributed by atoms with van der Waals surface area (Å²) in [6.45, 7) is 1.60. The van der Waals surface area contributed by atoms with Gasteiger partial charge in [-0.25, -0.2) is 4.39 Å². The Bertz CT molecular complexity index is 200. The summed E-state index contributed by atoms with van der Waals surface area (Å²) in [6, 6.07) is 6.19. The van der Waals surface area contributed by atoms with E-state index in [9.17, 15) is 4.39 Å². The second-order valence-corrected chi connectivity index (χ2v) is 2.08. The van der Waals surface area contributed by atoms with Crippen LogP contribution in [0.1, 0.15) is 5.56 Å². The molecule has 0 fully saturated rings. The Balaban J connectivity index is 3.25. The van der Waals surface area contributed by atoms with Gasteiger partial charge in [0.2, 0.25) is 0 Å². The van der Waals surface area contributed by atoms with Crippen LogP contribution in [-0.2, 0) is 0 Å². The summed E-state index contributed by atoms with van der Waals surface area (Å²) in [4.78, 5) is 0. The minimum absolute atomic E-state index is 0.301. The zero-order valence-electron chi connectivity index (χ0n) is 4.83. The molecule has 0 nitrogen and oxygen atoms in total. The number of hydrogen-bond acceptors (Lipinski definition) is 0. The normalized spacial score (nSPS) is 8.78. The van der Waals surface area contributed by atoms with E-state index in [1.54, 1.807) is 6.92 Å². The Morgan fingerprint density at radius 3 is 2.78 bits per heavy atom. The molecule has 0 unspecified atom stereocenters. The van der Waals surface area contributed by atoms with Gasteiger partial charge in [-0.2, -0.15) is 0 Å². The van der Waals surface area contributed by atoms with Crippen molar-refractivity contribution in [3.05, 3.63) is 34.6 Å². The van der Waals surface area contributed by atoms with Gasteiger partial charge >= 0.3 is 0 Å². The van der Waals surface area contributed by atoms with Crippen LogP contribution in [0.5, 0.6) is 0 Å². The maximum absolute atomic E-state index is 12.4. The van der Waals surface area contributed by atoms with Gasteiger partial charge in [0.15, 0.2) is 0 Å².